The van der Waals surface area contributed by atoms with Gasteiger partial charge in [0.15, 0.2) is 0 Å². The molecule has 0 saturated carbocycles. The van der Waals surface area contributed by atoms with E-state index >= 15 is 0 Å². The predicted octanol–water partition coefficient (Wildman–Crippen LogP) is 2.48. The Kier molecular flexibility index (Phi) is 3.06. The van der Waals surface area contributed by atoms with Gasteiger partial charge in [-0.25, -0.2) is 0 Å². The fourth-order valence-electron chi connectivity index (χ4n) is 2.83. The van der Waals surface area contributed by atoms with Crippen molar-refractivity contribution in [2.75, 3.05) is 26.7 Å². The van der Waals surface area contributed by atoms with E-state index in [4.69, 9.17) is 11.6 Å². The number of likely N-dealkylation sites (N-methyl/N-ethyl adjacent to an activating group) is 1. The lowest BCUT2D eigenvalue weighted by Crippen LogP contribution is -2.44. The SMILES string of the molecule is Cc1c(Cl)c2ccccn2c1C1CN(C)CCN1. The third-order valence-corrected chi connectivity index (χ3v) is 4.24. The quantitative estimate of drug-likeness (QED) is 0.853. The molecule has 96 valence electrons. The van der Waals surface area contributed by atoms with Crippen LogP contribution in [0.2, 0.25) is 5.02 Å². The molecule has 1 atom stereocenters. The van der Waals surface area contributed by atoms with Gasteiger partial charge >= 0.3 is 0 Å². The topological polar surface area (TPSA) is 19.7 Å². The molecule has 3 nitrogen and oxygen atoms in total. The van der Waals surface area contributed by atoms with Gasteiger partial charge in [-0.05, 0) is 31.7 Å². The minimum Gasteiger partial charge on any atom is -0.317 e. The van der Waals surface area contributed by atoms with E-state index in [0.29, 0.717) is 6.04 Å². The minimum atomic E-state index is 0.353. The highest BCUT2D eigenvalue weighted by molar-refractivity contribution is 6.34. The second kappa shape index (κ2) is 4.57. The monoisotopic (exact) mass is 263 g/mol. The van der Waals surface area contributed by atoms with Crippen LogP contribution >= 0.6 is 11.6 Å². The van der Waals surface area contributed by atoms with Gasteiger partial charge in [-0.3, -0.25) is 0 Å². The van der Waals surface area contributed by atoms with Crippen molar-refractivity contribution in [3.8, 4) is 0 Å². The summed E-state index contributed by atoms with van der Waals surface area (Å²) < 4.78 is 2.22. The Bertz CT molecular complexity index is 576. The molecule has 3 heterocycles. The Morgan fingerprint density at radius 1 is 1.39 bits per heavy atom. The van der Waals surface area contributed by atoms with E-state index in [-0.39, 0.29) is 0 Å². The molecular formula is C14H18ClN3. The number of piperazine rings is 1. The van der Waals surface area contributed by atoms with Crippen molar-refractivity contribution in [3.05, 3.63) is 40.7 Å². The molecule has 1 saturated heterocycles. The highest BCUT2D eigenvalue weighted by Gasteiger charge is 2.24. The first-order valence-corrected chi connectivity index (χ1v) is 6.73. The fraction of sp³-hybridized carbons (Fsp3) is 0.429. The number of hydrogen-bond donors (Lipinski definition) is 1. The number of hydrogen-bond acceptors (Lipinski definition) is 2. The molecule has 0 radical (unpaired) electrons. The molecular weight excluding hydrogens is 246 g/mol. The Morgan fingerprint density at radius 3 is 3.00 bits per heavy atom. The van der Waals surface area contributed by atoms with Crippen LogP contribution in [0.5, 0.6) is 0 Å². The zero-order valence-corrected chi connectivity index (χ0v) is 11.5. The molecule has 2 aromatic rings. The molecule has 1 aliphatic heterocycles. The van der Waals surface area contributed by atoms with Crippen LogP contribution in [-0.4, -0.2) is 36.0 Å². The summed E-state index contributed by atoms with van der Waals surface area (Å²) in [5.74, 6) is 0. The van der Waals surface area contributed by atoms with Gasteiger partial charge in [-0.1, -0.05) is 17.7 Å². The van der Waals surface area contributed by atoms with Crippen molar-refractivity contribution in [2.45, 2.75) is 13.0 Å². The second-order valence-electron chi connectivity index (χ2n) is 5.05. The second-order valence-corrected chi connectivity index (χ2v) is 5.43. The van der Waals surface area contributed by atoms with E-state index in [1.54, 1.807) is 0 Å². The number of aromatic nitrogens is 1. The number of halogens is 1. The van der Waals surface area contributed by atoms with Gasteiger partial charge in [-0.2, -0.15) is 0 Å². The molecule has 1 aliphatic rings. The van der Waals surface area contributed by atoms with Crippen LogP contribution in [0.1, 0.15) is 17.3 Å². The molecule has 0 amide bonds. The van der Waals surface area contributed by atoms with Gasteiger partial charge in [0.2, 0.25) is 0 Å². The summed E-state index contributed by atoms with van der Waals surface area (Å²) in [5.41, 5.74) is 3.58. The third-order valence-electron chi connectivity index (χ3n) is 3.77. The number of nitrogens with zero attached hydrogens (tertiary/aromatic N) is 2. The van der Waals surface area contributed by atoms with Crippen LogP contribution in [0.4, 0.5) is 0 Å². The maximum absolute atomic E-state index is 6.44. The average Bonchev–Trinajstić information content (AvgIpc) is 2.63. The van der Waals surface area contributed by atoms with Gasteiger partial charge < -0.3 is 14.6 Å². The van der Waals surface area contributed by atoms with E-state index < -0.39 is 0 Å². The standard InChI is InChI=1S/C14H18ClN3/c1-10-13(15)12-5-3-4-7-18(12)14(10)11-9-17(2)8-6-16-11/h3-5,7,11,16H,6,8-9H2,1-2H3. The minimum absolute atomic E-state index is 0.353. The summed E-state index contributed by atoms with van der Waals surface area (Å²) in [4.78, 5) is 2.36. The van der Waals surface area contributed by atoms with Gasteiger partial charge in [-0.15, -0.1) is 0 Å². The molecule has 3 rings (SSSR count). The summed E-state index contributed by atoms with van der Waals surface area (Å²) in [6, 6.07) is 6.51. The molecule has 0 aromatic carbocycles. The van der Waals surface area contributed by atoms with Gasteiger partial charge in [0, 0.05) is 31.5 Å². The maximum Gasteiger partial charge on any atom is 0.0693 e. The number of nitrogens with one attached hydrogen (secondary N) is 1. The number of fused-ring (bicyclic) bond motifs is 1. The molecule has 18 heavy (non-hydrogen) atoms. The molecule has 0 bridgehead atoms. The van der Waals surface area contributed by atoms with Crippen molar-refractivity contribution in [2.24, 2.45) is 0 Å². The van der Waals surface area contributed by atoms with Crippen molar-refractivity contribution in [1.82, 2.24) is 14.6 Å². The lowest BCUT2D eigenvalue weighted by Gasteiger charge is -2.31. The molecule has 1 N–H and O–H groups in total. The van der Waals surface area contributed by atoms with Crippen LogP contribution in [0.3, 0.4) is 0 Å². The highest BCUT2D eigenvalue weighted by atomic mass is 35.5. The number of rotatable bonds is 1. The third kappa shape index (κ3) is 1.83. The first-order valence-electron chi connectivity index (χ1n) is 6.35. The molecule has 0 aliphatic carbocycles. The van der Waals surface area contributed by atoms with Gasteiger partial charge in [0.25, 0.3) is 0 Å². The highest BCUT2D eigenvalue weighted by Crippen LogP contribution is 2.32. The first-order chi connectivity index (χ1) is 8.68. The van der Waals surface area contributed by atoms with Crippen LogP contribution in [-0.2, 0) is 0 Å². The Labute approximate surface area is 112 Å². The van der Waals surface area contributed by atoms with Crippen molar-refractivity contribution < 1.29 is 0 Å². The first kappa shape index (κ1) is 12.0. The molecule has 1 unspecified atom stereocenters. The molecule has 4 heteroatoms. The maximum atomic E-state index is 6.44. The van der Waals surface area contributed by atoms with Gasteiger partial charge in [0.05, 0.1) is 16.6 Å². The van der Waals surface area contributed by atoms with E-state index in [1.165, 1.54) is 11.3 Å². The Hall–Kier alpha value is -1.03. The normalized spacial score (nSPS) is 21.6. The molecule has 0 spiro atoms. The van der Waals surface area contributed by atoms with Crippen molar-refractivity contribution >= 4 is 17.1 Å². The van der Waals surface area contributed by atoms with Crippen LogP contribution in [0.25, 0.3) is 5.52 Å². The van der Waals surface area contributed by atoms with Crippen molar-refractivity contribution in [3.63, 3.8) is 0 Å². The average molecular weight is 264 g/mol. The lowest BCUT2D eigenvalue weighted by atomic mass is 10.1. The largest absolute Gasteiger partial charge is 0.317 e. The van der Waals surface area contributed by atoms with Crippen LogP contribution in [0.15, 0.2) is 24.4 Å². The van der Waals surface area contributed by atoms with Crippen LogP contribution in [0, 0.1) is 6.92 Å². The van der Waals surface area contributed by atoms with Crippen molar-refractivity contribution in [1.29, 1.82) is 0 Å². The van der Waals surface area contributed by atoms with E-state index in [9.17, 15) is 0 Å². The summed E-state index contributed by atoms with van der Waals surface area (Å²) in [5, 5.41) is 4.47. The smallest absolute Gasteiger partial charge is 0.0693 e. The summed E-state index contributed by atoms with van der Waals surface area (Å²) >= 11 is 6.44. The molecule has 1 fully saturated rings. The fourth-order valence-corrected chi connectivity index (χ4v) is 3.08. The van der Waals surface area contributed by atoms with E-state index in [0.717, 1.165) is 30.2 Å². The molecule has 2 aromatic heterocycles. The predicted molar refractivity (Wildman–Crippen MR) is 75.4 cm³/mol. The Morgan fingerprint density at radius 2 is 2.22 bits per heavy atom. The number of pyridine rings is 1. The zero-order valence-electron chi connectivity index (χ0n) is 10.8. The van der Waals surface area contributed by atoms with E-state index in [1.807, 2.05) is 6.07 Å². The van der Waals surface area contributed by atoms with E-state index in [2.05, 4.69) is 46.9 Å². The summed E-state index contributed by atoms with van der Waals surface area (Å²) in [6.07, 6.45) is 2.10. The summed E-state index contributed by atoms with van der Waals surface area (Å²) in [7, 11) is 2.17. The lowest BCUT2D eigenvalue weighted by molar-refractivity contribution is 0.237. The zero-order chi connectivity index (χ0) is 12.7. The van der Waals surface area contributed by atoms with Gasteiger partial charge in [0.1, 0.15) is 0 Å². The Balaban J connectivity index is 2.13. The summed E-state index contributed by atoms with van der Waals surface area (Å²) in [6.45, 7) is 5.27. The van der Waals surface area contributed by atoms with Crippen LogP contribution < -0.4 is 5.32 Å².